The van der Waals surface area contributed by atoms with E-state index in [1.807, 2.05) is 0 Å². The lowest BCUT2D eigenvalue weighted by atomic mass is 9.83. The molecule has 2 N–H and O–H groups in total. The molecule has 2 rings (SSSR count). The smallest absolute Gasteiger partial charge is 0.107 e. The Bertz CT molecular complexity index is 185. The maximum Gasteiger partial charge on any atom is 0.107 e. The molecule has 2 heterocycles. The Labute approximate surface area is 73.2 Å². The average molecular weight is 171 g/mol. The van der Waals surface area contributed by atoms with Crippen LogP contribution in [-0.4, -0.2) is 31.0 Å². The summed E-state index contributed by atoms with van der Waals surface area (Å²) in [6.45, 7) is 5.81. The van der Waals surface area contributed by atoms with Crippen molar-refractivity contribution in [2.75, 3.05) is 13.2 Å². The van der Waals surface area contributed by atoms with Crippen molar-refractivity contribution in [2.45, 2.75) is 38.0 Å². The van der Waals surface area contributed by atoms with Crippen LogP contribution in [-0.2, 0) is 9.47 Å². The largest absolute Gasteiger partial charge is 0.375 e. The molecule has 0 aromatic heterocycles. The van der Waals surface area contributed by atoms with Gasteiger partial charge in [-0.1, -0.05) is 6.92 Å². The predicted octanol–water partition coefficient (Wildman–Crippen LogP) is 0.528. The fourth-order valence-corrected chi connectivity index (χ4v) is 2.30. The zero-order valence-corrected chi connectivity index (χ0v) is 7.75. The molecular weight excluding hydrogens is 154 g/mol. The molecule has 2 aliphatic heterocycles. The SMILES string of the molecule is C[C@@H]1CO[C@@]2(C)C1OCC[C@H]2N. The highest BCUT2D eigenvalue weighted by atomic mass is 16.6. The van der Waals surface area contributed by atoms with E-state index >= 15 is 0 Å². The molecule has 0 aromatic carbocycles. The molecule has 70 valence electrons. The number of hydrogen-bond donors (Lipinski definition) is 1. The Morgan fingerprint density at radius 1 is 1.50 bits per heavy atom. The van der Waals surface area contributed by atoms with E-state index in [1.54, 1.807) is 0 Å². The van der Waals surface area contributed by atoms with Gasteiger partial charge in [-0.3, -0.25) is 0 Å². The van der Waals surface area contributed by atoms with Crippen molar-refractivity contribution < 1.29 is 9.47 Å². The summed E-state index contributed by atoms with van der Waals surface area (Å²) in [5.41, 5.74) is 5.79. The van der Waals surface area contributed by atoms with Gasteiger partial charge >= 0.3 is 0 Å². The number of nitrogens with two attached hydrogens (primary N) is 1. The van der Waals surface area contributed by atoms with Crippen molar-refractivity contribution >= 4 is 0 Å². The van der Waals surface area contributed by atoms with E-state index < -0.39 is 0 Å². The lowest BCUT2D eigenvalue weighted by Gasteiger charge is -2.40. The summed E-state index contributed by atoms with van der Waals surface area (Å²) in [5.74, 6) is 0.487. The second kappa shape index (κ2) is 2.69. The molecule has 0 bridgehead atoms. The van der Waals surface area contributed by atoms with Gasteiger partial charge in [0.05, 0.1) is 12.7 Å². The number of rotatable bonds is 0. The average Bonchev–Trinajstić information content (AvgIpc) is 2.33. The van der Waals surface area contributed by atoms with Crippen LogP contribution in [0.3, 0.4) is 0 Å². The maximum absolute atomic E-state index is 6.01. The summed E-state index contributed by atoms with van der Waals surface area (Å²) in [5, 5.41) is 0. The topological polar surface area (TPSA) is 44.5 Å². The van der Waals surface area contributed by atoms with Crippen LogP contribution in [0, 0.1) is 5.92 Å². The van der Waals surface area contributed by atoms with Crippen LogP contribution in [0.15, 0.2) is 0 Å². The molecule has 4 atom stereocenters. The molecule has 3 nitrogen and oxygen atoms in total. The minimum Gasteiger partial charge on any atom is -0.375 e. The zero-order valence-electron chi connectivity index (χ0n) is 7.75. The van der Waals surface area contributed by atoms with Gasteiger partial charge < -0.3 is 15.2 Å². The summed E-state index contributed by atoms with van der Waals surface area (Å²) >= 11 is 0. The van der Waals surface area contributed by atoms with Crippen molar-refractivity contribution in [3.8, 4) is 0 Å². The molecule has 3 heteroatoms. The first-order valence-electron chi connectivity index (χ1n) is 4.66. The lowest BCUT2D eigenvalue weighted by Crippen LogP contribution is -2.57. The van der Waals surface area contributed by atoms with Gasteiger partial charge in [-0.2, -0.15) is 0 Å². The Morgan fingerprint density at radius 2 is 2.25 bits per heavy atom. The minimum absolute atomic E-state index is 0.140. The maximum atomic E-state index is 6.01. The van der Waals surface area contributed by atoms with Crippen LogP contribution >= 0.6 is 0 Å². The van der Waals surface area contributed by atoms with Crippen LogP contribution in [0.2, 0.25) is 0 Å². The zero-order chi connectivity index (χ0) is 8.77. The van der Waals surface area contributed by atoms with Gasteiger partial charge in [-0.15, -0.1) is 0 Å². The van der Waals surface area contributed by atoms with Gasteiger partial charge in [0.25, 0.3) is 0 Å². The number of hydrogen-bond acceptors (Lipinski definition) is 3. The Kier molecular flexibility index (Phi) is 1.90. The fourth-order valence-electron chi connectivity index (χ4n) is 2.30. The third-order valence-corrected chi connectivity index (χ3v) is 3.20. The minimum atomic E-state index is -0.225. The second-order valence-electron chi connectivity index (χ2n) is 4.16. The van der Waals surface area contributed by atoms with Gasteiger partial charge in [-0.05, 0) is 13.3 Å². The van der Waals surface area contributed by atoms with Crippen LogP contribution in [0.4, 0.5) is 0 Å². The fraction of sp³-hybridized carbons (Fsp3) is 1.00. The first-order valence-corrected chi connectivity index (χ1v) is 4.66. The third kappa shape index (κ3) is 1.00. The Morgan fingerprint density at radius 3 is 2.92 bits per heavy atom. The van der Waals surface area contributed by atoms with E-state index in [-0.39, 0.29) is 17.7 Å². The van der Waals surface area contributed by atoms with Gasteiger partial charge in [-0.25, -0.2) is 0 Å². The number of ether oxygens (including phenoxy) is 2. The highest BCUT2D eigenvalue weighted by molar-refractivity contribution is 5.02. The van der Waals surface area contributed by atoms with Crippen molar-refractivity contribution in [3.63, 3.8) is 0 Å². The van der Waals surface area contributed by atoms with Crippen molar-refractivity contribution in [1.82, 2.24) is 0 Å². The summed E-state index contributed by atoms with van der Waals surface area (Å²) in [6, 6.07) is 0.140. The van der Waals surface area contributed by atoms with E-state index in [9.17, 15) is 0 Å². The molecule has 2 fully saturated rings. The molecule has 12 heavy (non-hydrogen) atoms. The van der Waals surface area contributed by atoms with E-state index in [0.717, 1.165) is 19.6 Å². The normalized spacial score (nSPS) is 53.8. The Hall–Kier alpha value is -0.120. The molecule has 0 spiro atoms. The molecular formula is C9H17NO2. The van der Waals surface area contributed by atoms with E-state index in [2.05, 4.69) is 13.8 Å². The van der Waals surface area contributed by atoms with Gasteiger partial charge in [0.2, 0.25) is 0 Å². The molecule has 0 radical (unpaired) electrons. The summed E-state index contributed by atoms with van der Waals surface area (Å²) in [4.78, 5) is 0. The molecule has 2 aliphatic rings. The van der Waals surface area contributed by atoms with Crippen molar-refractivity contribution in [3.05, 3.63) is 0 Å². The molecule has 0 aromatic rings. The molecule has 0 aliphatic carbocycles. The summed E-state index contributed by atoms with van der Waals surface area (Å²) < 4.78 is 11.4. The van der Waals surface area contributed by atoms with Crippen LogP contribution in [0.25, 0.3) is 0 Å². The van der Waals surface area contributed by atoms with Crippen LogP contribution in [0.1, 0.15) is 20.3 Å². The van der Waals surface area contributed by atoms with E-state index in [0.29, 0.717) is 5.92 Å². The number of fused-ring (bicyclic) bond motifs is 1. The van der Waals surface area contributed by atoms with Gasteiger partial charge in [0, 0.05) is 18.6 Å². The Balaban J connectivity index is 2.21. The summed E-state index contributed by atoms with van der Waals surface area (Å²) in [6.07, 6.45) is 1.13. The highest BCUT2D eigenvalue weighted by Crippen LogP contribution is 2.38. The molecule has 0 amide bonds. The van der Waals surface area contributed by atoms with Gasteiger partial charge in [0.15, 0.2) is 0 Å². The second-order valence-corrected chi connectivity index (χ2v) is 4.16. The van der Waals surface area contributed by atoms with Crippen molar-refractivity contribution in [2.24, 2.45) is 11.7 Å². The lowest BCUT2D eigenvalue weighted by molar-refractivity contribution is -0.127. The van der Waals surface area contributed by atoms with Crippen LogP contribution in [0.5, 0.6) is 0 Å². The molecule has 1 unspecified atom stereocenters. The molecule has 2 saturated heterocycles. The highest BCUT2D eigenvalue weighted by Gasteiger charge is 2.51. The summed E-state index contributed by atoms with van der Waals surface area (Å²) in [7, 11) is 0. The standard InChI is InChI=1S/C9H17NO2/c1-6-5-12-9(2)7(10)3-4-11-8(6)9/h6-8H,3-5,10H2,1-2H3/t6-,7-,8?,9-/m1/s1. The van der Waals surface area contributed by atoms with Crippen molar-refractivity contribution in [1.29, 1.82) is 0 Å². The predicted molar refractivity (Wildman–Crippen MR) is 45.9 cm³/mol. The van der Waals surface area contributed by atoms with Crippen LogP contribution < -0.4 is 5.73 Å². The van der Waals surface area contributed by atoms with E-state index in [4.69, 9.17) is 15.2 Å². The third-order valence-electron chi connectivity index (χ3n) is 3.20. The first kappa shape index (κ1) is 8.48. The first-order chi connectivity index (χ1) is 5.64. The van der Waals surface area contributed by atoms with E-state index in [1.165, 1.54) is 0 Å². The molecule has 0 saturated carbocycles. The van der Waals surface area contributed by atoms with Gasteiger partial charge in [0.1, 0.15) is 5.60 Å². The monoisotopic (exact) mass is 171 g/mol. The quantitative estimate of drug-likeness (QED) is 0.578.